The molecule has 9 nitrogen and oxygen atoms in total. The van der Waals surface area contributed by atoms with Gasteiger partial charge in [0.25, 0.3) is 5.91 Å². The van der Waals surface area contributed by atoms with Gasteiger partial charge >= 0.3 is 6.03 Å². The van der Waals surface area contributed by atoms with Crippen molar-refractivity contribution in [3.05, 3.63) is 24.3 Å². The third-order valence-electron chi connectivity index (χ3n) is 5.77. The van der Waals surface area contributed by atoms with Crippen LogP contribution in [0.25, 0.3) is 15.2 Å². The lowest BCUT2D eigenvalue weighted by Crippen LogP contribution is -2.51. The van der Waals surface area contributed by atoms with Crippen molar-refractivity contribution < 1.29 is 14.4 Å². The molecule has 5 rings (SSSR count). The average Bonchev–Trinajstić information content (AvgIpc) is 3.36. The zero-order chi connectivity index (χ0) is 20.9. The van der Waals surface area contributed by atoms with E-state index in [0.717, 1.165) is 33.0 Å². The first-order valence-electron chi connectivity index (χ1n) is 9.78. The van der Waals surface area contributed by atoms with Crippen LogP contribution in [0.3, 0.4) is 0 Å². The molecule has 1 saturated carbocycles. The van der Waals surface area contributed by atoms with Crippen molar-refractivity contribution in [3.8, 4) is 0 Å². The maximum Gasteiger partial charge on any atom is 0.344 e. The molecule has 1 aliphatic carbocycles. The van der Waals surface area contributed by atoms with Gasteiger partial charge in [0.2, 0.25) is 10.9 Å². The fourth-order valence-corrected chi connectivity index (χ4v) is 5.81. The topological polar surface area (TPSA) is 109 Å². The summed E-state index contributed by atoms with van der Waals surface area (Å²) in [5.74, 6) is -0.271. The van der Waals surface area contributed by atoms with Crippen LogP contribution in [-0.2, 0) is 9.59 Å². The Morgan fingerprint density at radius 3 is 2.87 bits per heavy atom. The number of urea groups is 1. The minimum Gasteiger partial charge on any atom is -0.322 e. The number of carbonyl (C=O) groups excluding carboxylic acids is 3. The van der Waals surface area contributed by atoms with Crippen LogP contribution >= 0.6 is 23.1 Å². The van der Waals surface area contributed by atoms with Crippen molar-refractivity contribution in [3.63, 3.8) is 0 Å². The van der Waals surface area contributed by atoms with Crippen LogP contribution in [0.5, 0.6) is 0 Å². The van der Waals surface area contributed by atoms with Crippen LogP contribution in [-0.4, -0.2) is 48.7 Å². The van der Waals surface area contributed by atoms with Crippen LogP contribution < -0.4 is 10.7 Å². The molecule has 11 heteroatoms. The van der Waals surface area contributed by atoms with Gasteiger partial charge in [-0.25, -0.2) is 4.79 Å². The molecule has 2 aromatic heterocycles. The number of aromatic nitrogens is 3. The molecule has 3 aromatic rings. The second-order valence-corrected chi connectivity index (χ2v) is 9.78. The zero-order valence-electron chi connectivity index (χ0n) is 16.3. The molecule has 1 spiro atoms. The van der Waals surface area contributed by atoms with Crippen molar-refractivity contribution in [2.75, 3.05) is 5.75 Å². The van der Waals surface area contributed by atoms with Gasteiger partial charge < -0.3 is 5.32 Å². The normalized spacial score (nSPS) is 24.2. The molecular weight excluding hydrogens is 424 g/mol. The Balaban J connectivity index is 1.26. The van der Waals surface area contributed by atoms with Crippen molar-refractivity contribution >= 4 is 56.1 Å². The summed E-state index contributed by atoms with van der Waals surface area (Å²) in [7, 11) is 0. The predicted octanol–water partition coefficient (Wildman–Crippen LogP) is 2.57. The minimum atomic E-state index is -0.876. The molecule has 2 N–H and O–H groups in total. The van der Waals surface area contributed by atoms with E-state index in [4.69, 9.17) is 0 Å². The first-order valence-corrected chi connectivity index (χ1v) is 11.6. The zero-order valence-corrected chi connectivity index (χ0v) is 17.9. The van der Waals surface area contributed by atoms with Gasteiger partial charge in [-0.1, -0.05) is 42.2 Å². The Kier molecular flexibility index (Phi) is 4.66. The van der Waals surface area contributed by atoms with Gasteiger partial charge in [-0.2, -0.15) is 5.01 Å². The summed E-state index contributed by atoms with van der Waals surface area (Å²) in [4.78, 5) is 38.4. The van der Waals surface area contributed by atoms with E-state index in [2.05, 4.69) is 27.9 Å². The predicted molar refractivity (Wildman–Crippen MR) is 113 cm³/mol. The number of thioether (sulfide) groups is 1. The van der Waals surface area contributed by atoms with Crippen molar-refractivity contribution in [1.29, 1.82) is 0 Å². The molecule has 0 atom stereocenters. The van der Waals surface area contributed by atoms with Crippen molar-refractivity contribution in [2.24, 2.45) is 5.92 Å². The van der Waals surface area contributed by atoms with Gasteiger partial charge in [0.1, 0.15) is 5.54 Å². The number of fused-ring (bicyclic) bond motifs is 3. The summed E-state index contributed by atoms with van der Waals surface area (Å²) in [6.07, 6.45) is 2.95. The summed E-state index contributed by atoms with van der Waals surface area (Å²) in [6, 6.07) is 7.32. The molecular formula is C19H20N6O3S2. The van der Waals surface area contributed by atoms with Crippen molar-refractivity contribution in [2.45, 2.75) is 43.3 Å². The maximum atomic E-state index is 12.9. The molecule has 0 unspecified atom stereocenters. The second-order valence-electron chi connectivity index (χ2n) is 7.83. The van der Waals surface area contributed by atoms with Crippen LogP contribution in [0.2, 0.25) is 0 Å². The number of thiazole rings is 1. The highest BCUT2D eigenvalue weighted by Gasteiger charge is 2.52. The van der Waals surface area contributed by atoms with E-state index in [1.54, 1.807) is 0 Å². The number of carbonyl (C=O) groups is 3. The highest BCUT2D eigenvalue weighted by Crippen LogP contribution is 2.36. The van der Waals surface area contributed by atoms with Gasteiger partial charge in [-0.3, -0.25) is 19.4 Å². The van der Waals surface area contributed by atoms with E-state index >= 15 is 0 Å². The Labute approximate surface area is 180 Å². The first-order chi connectivity index (χ1) is 14.5. The second kappa shape index (κ2) is 7.24. The maximum absolute atomic E-state index is 12.9. The van der Waals surface area contributed by atoms with Gasteiger partial charge in [0, 0.05) is 0 Å². The molecule has 0 bridgehead atoms. The molecule has 156 valence electrons. The number of rotatable bonds is 4. The van der Waals surface area contributed by atoms with Gasteiger partial charge in [0.05, 0.1) is 16.0 Å². The summed E-state index contributed by atoms with van der Waals surface area (Å²) < 4.78 is 2.99. The summed E-state index contributed by atoms with van der Waals surface area (Å²) >= 11 is 2.74. The Hall–Kier alpha value is -2.66. The van der Waals surface area contributed by atoms with Crippen LogP contribution in [0, 0.1) is 5.92 Å². The summed E-state index contributed by atoms with van der Waals surface area (Å²) in [5, 5.41) is 12.6. The van der Waals surface area contributed by atoms with Crippen LogP contribution in [0.1, 0.15) is 32.6 Å². The Morgan fingerprint density at radius 2 is 2.07 bits per heavy atom. The molecule has 2 aliphatic rings. The Bertz CT molecular complexity index is 1160. The molecule has 3 heterocycles. The number of imide groups is 1. The summed E-state index contributed by atoms with van der Waals surface area (Å²) in [6.45, 7) is 2.14. The van der Waals surface area contributed by atoms with E-state index in [0.29, 0.717) is 23.9 Å². The van der Waals surface area contributed by atoms with Gasteiger partial charge in [-0.05, 0) is 43.7 Å². The van der Waals surface area contributed by atoms with Crippen molar-refractivity contribution in [1.82, 2.24) is 30.3 Å². The number of hydrogen-bond acceptors (Lipinski definition) is 7. The molecule has 30 heavy (non-hydrogen) atoms. The third-order valence-corrected chi connectivity index (χ3v) is 7.71. The number of hydrazine groups is 1. The standard InChI is InChI=1S/C19H20N6O3S2/c1-11-6-8-19(9-7-11)15(27)25(16(28)20-19)23-14(26)10-29-17-21-22-18-24(17)12-4-2-3-5-13(12)30-18/h2-5,11H,6-10H2,1H3,(H,20,28)(H,23,26). The van der Waals surface area contributed by atoms with E-state index in [1.807, 2.05) is 28.7 Å². The van der Waals surface area contributed by atoms with Crippen LogP contribution in [0.4, 0.5) is 4.79 Å². The average molecular weight is 445 g/mol. The number of nitrogens with one attached hydrogen (secondary N) is 2. The van der Waals surface area contributed by atoms with E-state index < -0.39 is 17.5 Å². The highest BCUT2D eigenvalue weighted by atomic mass is 32.2. The smallest absolute Gasteiger partial charge is 0.322 e. The fourth-order valence-electron chi connectivity index (χ4n) is 4.05. The SMILES string of the molecule is CC1CCC2(CC1)NC(=O)N(NC(=O)CSc1nnc3sc4ccccc4n13)C2=O. The lowest BCUT2D eigenvalue weighted by molar-refractivity contribution is -0.139. The van der Waals surface area contributed by atoms with Crippen LogP contribution in [0.15, 0.2) is 29.4 Å². The molecule has 2 fully saturated rings. The summed E-state index contributed by atoms with van der Waals surface area (Å²) in [5.41, 5.74) is 2.56. The lowest BCUT2D eigenvalue weighted by Gasteiger charge is -2.33. The number of para-hydroxylation sites is 1. The quantitative estimate of drug-likeness (QED) is 0.473. The fraction of sp³-hybridized carbons (Fsp3) is 0.421. The van der Waals surface area contributed by atoms with Gasteiger partial charge in [0.15, 0.2) is 5.16 Å². The van der Waals surface area contributed by atoms with Gasteiger partial charge in [-0.15, -0.1) is 10.2 Å². The van der Waals surface area contributed by atoms with E-state index in [9.17, 15) is 14.4 Å². The Morgan fingerprint density at radius 1 is 1.30 bits per heavy atom. The molecule has 1 aliphatic heterocycles. The molecule has 4 amide bonds. The number of amides is 4. The largest absolute Gasteiger partial charge is 0.344 e. The number of nitrogens with zero attached hydrogens (tertiary/aromatic N) is 4. The monoisotopic (exact) mass is 444 g/mol. The minimum absolute atomic E-state index is 0.00601. The highest BCUT2D eigenvalue weighted by molar-refractivity contribution is 7.99. The molecule has 1 aromatic carbocycles. The molecule has 1 saturated heterocycles. The first kappa shape index (κ1) is 19.3. The van der Waals surface area contributed by atoms with E-state index in [-0.39, 0.29) is 11.7 Å². The molecule has 0 radical (unpaired) electrons. The number of benzene rings is 1. The third kappa shape index (κ3) is 3.12. The number of hydrogen-bond donors (Lipinski definition) is 2. The van der Waals surface area contributed by atoms with E-state index in [1.165, 1.54) is 23.1 Å². The lowest BCUT2D eigenvalue weighted by atomic mass is 9.77.